The molecule has 0 aliphatic rings. The van der Waals surface area contributed by atoms with E-state index >= 15 is 0 Å². The molecule has 3 N–H and O–H groups in total. The molecule has 0 saturated carbocycles. The third kappa shape index (κ3) is 3.70. The Labute approximate surface area is 130 Å². The molecule has 20 heavy (non-hydrogen) atoms. The molecular weight excluding hydrogens is 317 g/mol. The highest BCUT2D eigenvalue weighted by Gasteiger charge is 2.12. The van der Waals surface area contributed by atoms with E-state index in [1.54, 1.807) is 17.5 Å². The van der Waals surface area contributed by atoms with Gasteiger partial charge in [-0.15, -0.1) is 11.3 Å². The standard InChI is InChI=1S/C13H13Cl2N3OS/c1-7(16)13-18-11(6-20-13)12(19)17-5-8-2-3-9(14)10(15)4-8/h2-4,6-7H,5,16H2,1H3,(H,17,19). The molecule has 1 heterocycles. The number of carbonyl (C=O) groups is 1. The normalized spacial score (nSPS) is 12.2. The van der Waals surface area contributed by atoms with E-state index in [1.807, 2.05) is 13.0 Å². The van der Waals surface area contributed by atoms with Crippen LogP contribution in [0.1, 0.15) is 34.0 Å². The Morgan fingerprint density at radius 2 is 2.20 bits per heavy atom. The van der Waals surface area contributed by atoms with Crippen LogP contribution >= 0.6 is 34.5 Å². The van der Waals surface area contributed by atoms with Crippen LogP contribution in [-0.2, 0) is 6.54 Å². The molecular formula is C13H13Cl2N3OS. The third-order valence-corrected chi connectivity index (χ3v) is 4.37. The Hall–Kier alpha value is -1.14. The van der Waals surface area contributed by atoms with E-state index in [2.05, 4.69) is 10.3 Å². The highest BCUT2D eigenvalue weighted by molar-refractivity contribution is 7.09. The highest BCUT2D eigenvalue weighted by atomic mass is 35.5. The molecule has 0 bridgehead atoms. The monoisotopic (exact) mass is 329 g/mol. The number of hydrogen-bond donors (Lipinski definition) is 2. The number of rotatable bonds is 4. The van der Waals surface area contributed by atoms with Crippen LogP contribution in [0.25, 0.3) is 0 Å². The minimum Gasteiger partial charge on any atom is -0.347 e. The second kappa shape index (κ2) is 6.54. The molecule has 1 amide bonds. The van der Waals surface area contributed by atoms with Gasteiger partial charge in [0.1, 0.15) is 10.7 Å². The van der Waals surface area contributed by atoms with Gasteiger partial charge in [-0.05, 0) is 24.6 Å². The van der Waals surface area contributed by atoms with Crippen LogP contribution in [0.15, 0.2) is 23.6 Å². The second-order valence-electron chi connectivity index (χ2n) is 4.29. The number of nitrogens with zero attached hydrogens (tertiary/aromatic N) is 1. The molecule has 1 atom stereocenters. The summed E-state index contributed by atoms with van der Waals surface area (Å²) >= 11 is 13.1. The maximum atomic E-state index is 11.9. The van der Waals surface area contributed by atoms with E-state index in [9.17, 15) is 4.79 Å². The zero-order valence-electron chi connectivity index (χ0n) is 10.7. The van der Waals surface area contributed by atoms with E-state index < -0.39 is 0 Å². The van der Waals surface area contributed by atoms with Crippen LogP contribution in [0.3, 0.4) is 0 Å². The fraction of sp³-hybridized carbons (Fsp3) is 0.231. The number of thiazole rings is 1. The van der Waals surface area contributed by atoms with Crippen molar-refractivity contribution >= 4 is 40.4 Å². The van der Waals surface area contributed by atoms with Crippen LogP contribution in [0.5, 0.6) is 0 Å². The molecule has 0 radical (unpaired) electrons. The molecule has 7 heteroatoms. The zero-order chi connectivity index (χ0) is 14.7. The number of nitrogens with two attached hydrogens (primary N) is 1. The van der Waals surface area contributed by atoms with E-state index in [4.69, 9.17) is 28.9 Å². The van der Waals surface area contributed by atoms with Crippen molar-refractivity contribution in [2.75, 3.05) is 0 Å². The molecule has 0 aliphatic carbocycles. The van der Waals surface area contributed by atoms with Gasteiger partial charge < -0.3 is 11.1 Å². The van der Waals surface area contributed by atoms with Gasteiger partial charge in [0.25, 0.3) is 5.91 Å². The maximum absolute atomic E-state index is 11.9. The molecule has 0 aliphatic heterocycles. The Bertz CT molecular complexity index is 628. The summed E-state index contributed by atoms with van der Waals surface area (Å²) in [5.74, 6) is -0.237. The molecule has 1 aromatic heterocycles. The van der Waals surface area contributed by atoms with Gasteiger partial charge in [0.05, 0.1) is 16.1 Å². The minimum absolute atomic E-state index is 0.170. The van der Waals surface area contributed by atoms with E-state index in [0.29, 0.717) is 22.3 Å². The molecule has 1 aromatic carbocycles. The first-order chi connectivity index (χ1) is 9.47. The Balaban J connectivity index is 1.99. The topological polar surface area (TPSA) is 68.0 Å². The Kier molecular flexibility index (Phi) is 4.99. The molecule has 0 saturated heterocycles. The molecule has 2 aromatic rings. The zero-order valence-corrected chi connectivity index (χ0v) is 13.0. The lowest BCUT2D eigenvalue weighted by Crippen LogP contribution is -2.23. The average molecular weight is 330 g/mol. The SMILES string of the molecule is CC(N)c1nc(C(=O)NCc2ccc(Cl)c(Cl)c2)cs1. The number of benzene rings is 1. The lowest BCUT2D eigenvalue weighted by Gasteiger charge is -2.05. The van der Waals surface area contributed by atoms with Crippen LogP contribution in [0.4, 0.5) is 0 Å². The first-order valence-corrected chi connectivity index (χ1v) is 7.54. The molecule has 106 valence electrons. The van der Waals surface area contributed by atoms with Crippen LogP contribution in [-0.4, -0.2) is 10.9 Å². The van der Waals surface area contributed by atoms with Crippen molar-refractivity contribution < 1.29 is 4.79 Å². The molecule has 4 nitrogen and oxygen atoms in total. The van der Waals surface area contributed by atoms with Crippen LogP contribution in [0.2, 0.25) is 10.0 Å². The number of hydrogen-bond acceptors (Lipinski definition) is 4. The van der Waals surface area contributed by atoms with Crippen molar-refractivity contribution in [2.45, 2.75) is 19.5 Å². The summed E-state index contributed by atoms with van der Waals surface area (Å²) in [6.07, 6.45) is 0. The summed E-state index contributed by atoms with van der Waals surface area (Å²) in [4.78, 5) is 16.1. The number of halogens is 2. The summed E-state index contributed by atoms with van der Waals surface area (Å²) < 4.78 is 0. The third-order valence-electron chi connectivity index (χ3n) is 2.58. The summed E-state index contributed by atoms with van der Waals surface area (Å²) in [5.41, 5.74) is 6.96. The fourth-order valence-corrected chi connectivity index (χ4v) is 2.60. The first kappa shape index (κ1) is 15.3. The largest absolute Gasteiger partial charge is 0.347 e. The van der Waals surface area contributed by atoms with E-state index in [-0.39, 0.29) is 11.9 Å². The van der Waals surface area contributed by atoms with Crippen molar-refractivity contribution in [3.63, 3.8) is 0 Å². The van der Waals surface area contributed by atoms with Gasteiger partial charge in [0, 0.05) is 11.9 Å². The average Bonchev–Trinajstić information content (AvgIpc) is 2.89. The van der Waals surface area contributed by atoms with Crippen molar-refractivity contribution in [2.24, 2.45) is 5.73 Å². The summed E-state index contributed by atoms with van der Waals surface area (Å²) in [5, 5.41) is 6.17. The highest BCUT2D eigenvalue weighted by Crippen LogP contribution is 2.22. The van der Waals surface area contributed by atoms with Crippen molar-refractivity contribution in [1.29, 1.82) is 0 Å². The predicted molar refractivity (Wildman–Crippen MR) is 82.3 cm³/mol. The first-order valence-electron chi connectivity index (χ1n) is 5.90. The van der Waals surface area contributed by atoms with Crippen LogP contribution < -0.4 is 11.1 Å². The van der Waals surface area contributed by atoms with Crippen molar-refractivity contribution in [1.82, 2.24) is 10.3 Å². The van der Waals surface area contributed by atoms with Gasteiger partial charge in [-0.25, -0.2) is 4.98 Å². The quantitative estimate of drug-likeness (QED) is 0.903. The van der Waals surface area contributed by atoms with Gasteiger partial charge in [-0.3, -0.25) is 4.79 Å². The van der Waals surface area contributed by atoms with Gasteiger partial charge >= 0.3 is 0 Å². The van der Waals surface area contributed by atoms with Crippen molar-refractivity contribution in [3.05, 3.63) is 49.9 Å². The van der Waals surface area contributed by atoms with E-state index in [0.717, 1.165) is 10.6 Å². The maximum Gasteiger partial charge on any atom is 0.271 e. The number of carbonyl (C=O) groups excluding carboxylic acids is 1. The summed E-state index contributed by atoms with van der Waals surface area (Å²) in [6.45, 7) is 2.19. The molecule has 0 fully saturated rings. The minimum atomic E-state index is -0.237. The second-order valence-corrected chi connectivity index (χ2v) is 5.99. The van der Waals surface area contributed by atoms with Crippen molar-refractivity contribution in [3.8, 4) is 0 Å². The lowest BCUT2D eigenvalue weighted by molar-refractivity contribution is 0.0946. The van der Waals surface area contributed by atoms with Gasteiger partial charge in [-0.1, -0.05) is 29.3 Å². The van der Waals surface area contributed by atoms with E-state index in [1.165, 1.54) is 11.3 Å². The van der Waals surface area contributed by atoms with Gasteiger partial charge in [-0.2, -0.15) is 0 Å². The van der Waals surface area contributed by atoms with Gasteiger partial charge in [0.2, 0.25) is 0 Å². The molecule has 0 spiro atoms. The molecule has 1 unspecified atom stereocenters. The fourth-order valence-electron chi connectivity index (χ4n) is 1.52. The number of nitrogens with one attached hydrogen (secondary N) is 1. The summed E-state index contributed by atoms with van der Waals surface area (Å²) in [7, 11) is 0. The smallest absolute Gasteiger partial charge is 0.271 e. The summed E-state index contributed by atoms with van der Waals surface area (Å²) in [6, 6.07) is 5.06. The number of aromatic nitrogens is 1. The van der Waals surface area contributed by atoms with Crippen LogP contribution in [0, 0.1) is 0 Å². The lowest BCUT2D eigenvalue weighted by atomic mass is 10.2. The molecule has 2 rings (SSSR count). The number of amides is 1. The predicted octanol–water partition coefficient (Wildman–Crippen LogP) is 3.40. The Morgan fingerprint density at radius 3 is 2.80 bits per heavy atom. The Morgan fingerprint density at radius 1 is 1.45 bits per heavy atom. The van der Waals surface area contributed by atoms with Gasteiger partial charge in [0.15, 0.2) is 0 Å².